The predicted octanol–water partition coefficient (Wildman–Crippen LogP) is 6.66. The zero-order chi connectivity index (χ0) is 55.2. The van der Waals surface area contributed by atoms with Gasteiger partial charge in [0.05, 0.1) is 45.7 Å². The smallest absolute Gasteiger partial charge is 0.326 e. The number of Topliss-reactive ketones (excluding diaryl/α,β-unsaturated/α-hetero) is 1. The molecule has 1 aromatic rings. The number of unbranched alkanes of at least 4 members (excludes halogenated alkanes) is 15. The number of aryl methyl sites for hydroxylation is 1. The van der Waals surface area contributed by atoms with E-state index in [1.165, 1.54) is 86.0 Å². The lowest BCUT2D eigenvalue weighted by Crippen LogP contribution is -2.51. The Hall–Kier alpha value is -4.11. The van der Waals surface area contributed by atoms with Crippen LogP contribution in [0.1, 0.15) is 182 Å². The molecule has 20 heteroatoms. The minimum Gasteiger partial charge on any atom is -0.480 e. The van der Waals surface area contributed by atoms with Crippen molar-refractivity contribution in [3.8, 4) is 0 Å². The summed E-state index contributed by atoms with van der Waals surface area (Å²) in [6.45, 7) is 14.5. The summed E-state index contributed by atoms with van der Waals surface area (Å²) in [5.74, 6) is -0.998. The number of carboxylic acids is 1. The Labute approximate surface area is 444 Å². The van der Waals surface area contributed by atoms with Gasteiger partial charge < -0.3 is 44.1 Å². The van der Waals surface area contributed by atoms with Gasteiger partial charge in [0.2, 0.25) is 23.6 Å². The Kier molecular flexibility index (Phi) is 36.9. The van der Waals surface area contributed by atoms with E-state index in [1.807, 2.05) is 27.8 Å². The second kappa shape index (κ2) is 40.2. The molecule has 1 aromatic heterocycles. The SMILES string of the molecule is CN(CCOCCOCC(=O)N(C)CCOCCOCC(=O)NCCCCC(C(=O)C(C)(C)C)N(C)C(C)(C)C)C(=O)CC[C@@H](C(=O)O)N(C)C(=O)CCCCCCCCCCCCCCCCCc1nn[nH]n1. The Morgan fingerprint density at radius 3 is 1.57 bits per heavy atom. The maximum Gasteiger partial charge on any atom is 0.326 e. The Morgan fingerprint density at radius 2 is 1.07 bits per heavy atom. The Balaban J connectivity index is 2.05. The number of carboxylic acid groups (broad SMARTS) is 1. The molecule has 0 aliphatic rings. The molecule has 20 nitrogen and oxygen atoms in total. The number of nitrogens with zero attached hydrogens (tertiary/aromatic N) is 7. The lowest BCUT2D eigenvalue weighted by atomic mass is 9.83. The molecule has 0 spiro atoms. The highest BCUT2D eigenvalue weighted by Gasteiger charge is 2.36. The Morgan fingerprint density at radius 1 is 0.568 bits per heavy atom. The van der Waals surface area contributed by atoms with Gasteiger partial charge in [-0.05, 0) is 66.3 Å². The molecule has 0 aliphatic heterocycles. The molecule has 428 valence electrons. The summed E-state index contributed by atoms with van der Waals surface area (Å²) in [7, 11) is 6.78. The maximum atomic E-state index is 13.1. The number of H-pyrrole nitrogens is 1. The van der Waals surface area contributed by atoms with Gasteiger partial charge >= 0.3 is 5.97 Å². The number of aromatic nitrogens is 4. The van der Waals surface area contributed by atoms with Crippen LogP contribution >= 0.6 is 0 Å². The predicted molar refractivity (Wildman–Crippen MR) is 286 cm³/mol. The molecule has 1 rings (SSSR count). The van der Waals surface area contributed by atoms with Crippen LogP contribution in [0.15, 0.2) is 0 Å². The number of hydrogen-bond acceptors (Lipinski definition) is 14. The Bertz CT molecular complexity index is 1670. The van der Waals surface area contributed by atoms with Gasteiger partial charge in [-0.2, -0.15) is 5.21 Å². The molecule has 74 heavy (non-hydrogen) atoms. The third-order valence-corrected chi connectivity index (χ3v) is 13.4. The fourth-order valence-corrected chi connectivity index (χ4v) is 8.17. The van der Waals surface area contributed by atoms with E-state index in [-0.39, 0.29) is 113 Å². The lowest BCUT2D eigenvalue weighted by molar-refractivity contribution is -0.149. The molecule has 0 saturated carbocycles. The molecular formula is C54H101N9O11. The average Bonchev–Trinajstić information content (AvgIpc) is 3.87. The van der Waals surface area contributed by atoms with Crippen molar-refractivity contribution in [1.82, 2.24) is 45.5 Å². The van der Waals surface area contributed by atoms with Crippen LogP contribution in [0.5, 0.6) is 0 Å². The normalized spacial score (nSPS) is 12.7. The molecule has 0 aliphatic carbocycles. The van der Waals surface area contributed by atoms with Crippen LogP contribution in [0.25, 0.3) is 0 Å². The van der Waals surface area contributed by atoms with Crippen LogP contribution < -0.4 is 5.32 Å². The first-order valence-electron chi connectivity index (χ1n) is 27.7. The summed E-state index contributed by atoms with van der Waals surface area (Å²) < 4.78 is 22.0. The van der Waals surface area contributed by atoms with Crippen molar-refractivity contribution in [3.05, 3.63) is 5.82 Å². The number of amides is 4. The third-order valence-electron chi connectivity index (χ3n) is 13.4. The topological polar surface area (TPSA) is 239 Å². The van der Waals surface area contributed by atoms with E-state index in [1.54, 1.807) is 14.1 Å². The number of carbonyl (C=O) groups excluding carboxylic acids is 5. The quantitative estimate of drug-likeness (QED) is 0.0579. The zero-order valence-electron chi connectivity index (χ0n) is 47.6. The number of tetrazole rings is 1. The molecular weight excluding hydrogens is 951 g/mol. The first-order chi connectivity index (χ1) is 35.2. The van der Waals surface area contributed by atoms with Gasteiger partial charge in [0.25, 0.3) is 0 Å². The number of nitrogens with one attached hydrogen (secondary N) is 2. The monoisotopic (exact) mass is 1050 g/mol. The van der Waals surface area contributed by atoms with E-state index in [0.29, 0.717) is 19.5 Å². The van der Waals surface area contributed by atoms with E-state index in [2.05, 4.69) is 51.6 Å². The van der Waals surface area contributed by atoms with E-state index in [9.17, 15) is 33.9 Å². The minimum absolute atomic E-state index is 0.0194. The number of ketones is 1. The van der Waals surface area contributed by atoms with Gasteiger partial charge in [0, 0.05) is 71.0 Å². The van der Waals surface area contributed by atoms with Crippen molar-refractivity contribution >= 4 is 35.4 Å². The molecule has 1 heterocycles. The first kappa shape index (κ1) is 67.9. The number of rotatable bonds is 46. The average molecular weight is 1050 g/mol. The molecule has 0 radical (unpaired) electrons. The molecule has 2 atom stereocenters. The molecule has 0 aromatic carbocycles. The van der Waals surface area contributed by atoms with Gasteiger partial charge in [0.1, 0.15) is 19.3 Å². The molecule has 0 fully saturated rings. The van der Waals surface area contributed by atoms with Crippen molar-refractivity contribution in [2.45, 2.75) is 200 Å². The number of likely N-dealkylation sites (N-methyl/N-ethyl adjacent to an activating group) is 4. The van der Waals surface area contributed by atoms with Crippen LogP contribution in [-0.4, -0.2) is 199 Å². The van der Waals surface area contributed by atoms with Crippen LogP contribution in [-0.2, 0) is 54.1 Å². The fraction of sp³-hybridized carbons (Fsp3) is 0.870. The van der Waals surface area contributed by atoms with Crippen molar-refractivity contribution < 1.29 is 52.8 Å². The van der Waals surface area contributed by atoms with Gasteiger partial charge in [0.15, 0.2) is 11.6 Å². The van der Waals surface area contributed by atoms with Gasteiger partial charge in [-0.25, -0.2) is 4.79 Å². The van der Waals surface area contributed by atoms with Crippen LogP contribution in [0.2, 0.25) is 0 Å². The lowest BCUT2D eigenvalue weighted by Gasteiger charge is -2.40. The summed E-state index contributed by atoms with van der Waals surface area (Å²) in [4.78, 5) is 81.9. The number of carbonyl (C=O) groups is 6. The van der Waals surface area contributed by atoms with E-state index < -0.39 is 17.4 Å². The fourth-order valence-electron chi connectivity index (χ4n) is 8.17. The van der Waals surface area contributed by atoms with E-state index in [0.717, 1.165) is 63.6 Å². The molecule has 4 amide bonds. The standard InChI is InChI=1S/C54H101N9O11/c1-53(2,3)51(68)44(63(10)54(4,5)6)28-26-27-33-55-47(64)42-73-40-38-72-37-35-61(8)50(67)43-74-41-39-71-36-34-60(7)48(65)32-31-45(52(69)70)62(9)49(66)30-25-23-21-19-17-15-13-11-12-14-16-18-20-22-24-29-46-56-58-59-57-46/h44-45H,11-43H2,1-10H3,(H,55,64)(H,69,70)(H,56,57,58,59)/t44?,45-/m0/s1. The third kappa shape index (κ3) is 33.0. The summed E-state index contributed by atoms with van der Waals surface area (Å²) in [5, 5.41) is 26.8. The van der Waals surface area contributed by atoms with Crippen molar-refractivity contribution in [1.29, 1.82) is 0 Å². The highest BCUT2D eigenvalue weighted by Crippen LogP contribution is 2.26. The van der Waals surface area contributed by atoms with Crippen LogP contribution in [0.3, 0.4) is 0 Å². The summed E-state index contributed by atoms with van der Waals surface area (Å²) >= 11 is 0. The summed E-state index contributed by atoms with van der Waals surface area (Å²) in [5.41, 5.74) is -0.568. The van der Waals surface area contributed by atoms with Gasteiger partial charge in [-0.1, -0.05) is 109 Å². The molecule has 0 bridgehead atoms. The van der Waals surface area contributed by atoms with Gasteiger partial charge in [-0.15, -0.1) is 10.2 Å². The first-order valence-corrected chi connectivity index (χ1v) is 27.7. The van der Waals surface area contributed by atoms with Crippen LogP contribution in [0, 0.1) is 5.41 Å². The summed E-state index contributed by atoms with van der Waals surface area (Å²) in [6.07, 6.45) is 21.1. The van der Waals surface area contributed by atoms with Crippen LogP contribution in [0.4, 0.5) is 0 Å². The second-order valence-electron chi connectivity index (χ2n) is 21.7. The molecule has 1 unspecified atom stereocenters. The van der Waals surface area contributed by atoms with E-state index in [4.69, 9.17) is 18.9 Å². The zero-order valence-corrected chi connectivity index (χ0v) is 47.6. The number of aliphatic carboxylic acids is 1. The largest absolute Gasteiger partial charge is 0.480 e. The van der Waals surface area contributed by atoms with E-state index >= 15 is 0 Å². The minimum atomic E-state index is -1.13. The van der Waals surface area contributed by atoms with Crippen molar-refractivity contribution in [2.24, 2.45) is 5.41 Å². The second-order valence-corrected chi connectivity index (χ2v) is 21.7. The van der Waals surface area contributed by atoms with Gasteiger partial charge in [-0.3, -0.25) is 28.9 Å². The number of aromatic amines is 1. The highest BCUT2D eigenvalue weighted by molar-refractivity contribution is 5.88. The number of hydrogen-bond donors (Lipinski definition) is 3. The molecule has 0 saturated heterocycles. The maximum absolute atomic E-state index is 13.1. The van der Waals surface area contributed by atoms with Crippen molar-refractivity contribution in [2.75, 3.05) is 101 Å². The summed E-state index contributed by atoms with van der Waals surface area (Å²) in [6, 6.07) is -1.26. The highest BCUT2D eigenvalue weighted by atomic mass is 16.5. The number of ether oxygens (including phenoxy) is 4. The van der Waals surface area contributed by atoms with Crippen molar-refractivity contribution in [3.63, 3.8) is 0 Å². The molecule has 3 N–H and O–H groups in total.